The quantitative estimate of drug-likeness (QED) is 0.726. The third-order valence-corrected chi connectivity index (χ3v) is 2.19. The van der Waals surface area contributed by atoms with Gasteiger partial charge in [-0.15, -0.1) is 16.8 Å². The zero-order valence-corrected chi connectivity index (χ0v) is 8.71. The van der Waals surface area contributed by atoms with Crippen molar-refractivity contribution in [1.29, 1.82) is 0 Å². The molecular formula is C12H11N3O. The van der Waals surface area contributed by atoms with E-state index in [2.05, 4.69) is 16.8 Å². The first-order chi connectivity index (χ1) is 7.83. The smallest absolute Gasteiger partial charge is 0.280 e. The second-order valence-corrected chi connectivity index (χ2v) is 3.29. The summed E-state index contributed by atoms with van der Waals surface area (Å²) in [5.41, 5.74) is 0.990. The summed E-state index contributed by atoms with van der Waals surface area (Å²) < 4.78 is 1.47. The summed E-state index contributed by atoms with van der Waals surface area (Å²) in [7, 11) is 0. The minimum absolute atomic E-state index is 0.152. The van der Waals surface area contributed by atoms with Gasteiger partial charge in [0.15, 0.2) is 5.69 Å². The lowest BCUT2D eigenvalue weighted by Gasteiger charge is -2.03. The van der Waals surface area contributed by atoms with Crippen molar-refractivity contribution in [3.8, 4) is 11.3 Å². The summed E-state index contributed by atoms with van der Waals surface area (Å²) in [4.78, 5) is 12.0. The van der Waals surface area contributed by atoms with Crippen LogP contribution in [0.25, 0.3) is 11.3 Å². The Morgan fingerprint density at radius 3 is 2.75 bits per heavy atom. The first kappa shape index (κ1) is 10.3. The molecule has 0 saturated carbocycles. The van der Waals surface area contributed by atoms with Crippen LogP contribution >= 0.6 is 0 Å². The van der Waals surface area contributed by atoms with Crippen molar-refractivity contribution in [3.05, 3.63) is 59.7 Å². The van der Waals surface area contributed by atoms with E-state index in [-0.39, 0.29) is 5.56 Å². The maximum Gasteiger partial charge on any atom is 0.280 e. The molecule has 0 atom stereocenters. The molecule has 0 aliphatic carbocycles. The Balaban J connectivity index is 2.55. The van der Waals surface area contributed by atoms with Gasteiger partial charge in [-0.1, -0.05) is 36.4 Å². The zero-order chi connectivity index (χ0) is 11.4. The van der Waals surface area contributed by atoms with Gasteiger partial charge >= 0.3 is 0 Å². The van der Waals surface area contributed by atoms with E-state index >= 15 is 0 Å². The van der Waals surface area contributed by atoms with Gasteiger partial charge in [-0.3, -0.25) is 9.36 Å². The van der Waals surface area contributed by atoms with Gasteiger partial charge < -0.3 is 0 Å². The highest BCUT2D eigenvalue weighted by molar-refractivity contribution is 5.56. The summed E-state index contributed by atoms with van der Waals surface area (Å²) in [6, 6.07) is 9.29. The van der Waals surface area contributed by atoms with E-state index in [9.17, 15) is 4.79 Å². The van der Waals surface area contributed by atoms with Gasteiger partial charge in [0.1, 0.15) is 6.33 Å². The number of benzene rings is 1. The lowest BCUT2D eigenvalue weighted by Crippen LogP contribution is -2.22. The second-order valence-electron chi connectivity index (χ2n) is 3.29. The summed E-state index contributed by atoms with van der Waals surface area (Å²) in [6.45, 7) is 4.03. The maximum absolute atomic E-state index is 12.0. The Morgan fingerprint density at radius 2 is 2.06 bits per heavy atom. The molecule has 1 aromatic carbocycles. The van der Waals surface area contributed by atoms with Crippen LogP contribution in [-0.2, 0) is 6.54 Å². The van der Waals surface area contributed by atoms with Gasteiger partial charge in [-0.2, -0.15) is 0 Å². The van der Waals surface area contributed by atoms with Crippen molar-refractivity contribution in [2.75, 3.05) is 0 Å². The normalized spacial score (nSPS) is 10.0. The van der Waals surface area contributed by atoms with Crippen LogP contribution in [0.15, 0.2) is 54.1 Å². The van der Waals surface area contributed by atoms with E-state index in [4.69, 9.17) is 0 Å². The van der Waals surface area contributed by atoms with Crippen molar-refractivity contribution in [2.24, 2.45) is 0 Å². The van der Waals surface area contributed by atoms with Gasteiger partial charge in [0.25, 0.3) is 5.56 Å². The Morgan fingerprint density at radius 1 is 1.31 bits per heavy atom. The summed E-state index contributed by atoms with van der Waals surface area (Å²) in [5, 5.41) is 7.68. The highest BCUT2D eigenvalue weighted by atomic mass is 16.1. The van der Waals surface area contributed by atoms with Gasteiger partial charge in [0, 0.05) is 12.1 Å². The predicted molar refractivity (Wildman–Crippen MR) is 61.9 cm³/mol. The molecule has 2 rings (SSSR count). The number of rotatable bonds is 3. The fourth-order valence-electron chi connectivity index (χ4n) is 1.42. The average Bonchev–Trinajstić information content (AvgIpc) is 2.33. The Bertz CT molecular complexity index is 546. The molecule has 0 radical (unpaired) electrons. The van der Waals surface area contributed by atoms with Crippen molar-refractivity contribution >= 4 is 0 Å². The van der Waals surface area contributed by atoms with Crippen LogP contribution in [-0.4, -0.2) is 14.8 Å². The van der Waals surface area contributed by atoms with Crippen LogP contribution in [0.3, 0.4) is 0 Å². The number of allylic oxidation sites excluding steroid dienone is 1. The summed E-state index contributed by atoms with van der Waals surface area (Å²) in [5.74, 6) is 0. The Hall–Kier alpha value is -2.23. The molecule has 16 heavy (non-hydrogen) atoms. The van der Waals surface area contributed by atoms with E-state index in [1.54, 1.807) is 6.08 Å². The summed E-state index contributed by atoms with van der Waals surface area (Å²) in [6.07, 6.45) is 3.06. The molecule has 0 saturated heterocycles. The van der Waals surface area contributed by atoms with Crippen LogP contribution < -0.4 is 5.56 Å². The van der Waals surface area contributed by atoms with Crippen LogP contribution in [0.4, 0.5) is 0 Å². The number of hydrogen-bond donors (Lipinski definition) is 0. The molecule has 1 heterocycles. The molecule has 2 aromatic rings. The molecule has 1 aromatic heterocycles. The highest BCUT2D eigenvalue weighted by Gasteiger charge is 2.06. The topological polar surface area (TPSA) is 47.8 Å². The van der Waals surface area contributed by atoms with E-state index in [0.29, 0.717) is 12.2 Å². The Kier molecular flexibility index (Phi) is 2.91. The number of hydrogen-bond acceptors (Lipinski definition) is 3. The highest BCUT2D eigenvalue weighted by Crippen LogP contribution is 2.10. The van der Waals surface area contributed by atoms with E-state index < -0.39 is 0 Å². The molecule has 0 aliphatic rings. The van der Waals surface area contributed by atoms with Crippen molar-refractivity contribution in [1.82, 2.24) is 14.8 Å². The first-order valence-corrected chi connectivity index (χ1v) is 4.91. The molecule has 0 bridgehead atoms. The molecular weight excluding hydrogens is 202 g/mol. The minimum Gasteiger partial charge on any atom is -0.292 e. The molecule has 4 heteroatoms. The molecule has 0 spiro atoms. The predicted octanol–water partition coefficient (Wildman–Crippen LogP) is 1.49. The van der Waals surface area contributed by atoms with Crippen molar-refractivity contribution in [2.45, 2.75) is 6.54 Å². The number of nitrogens with zero attached hydrogens (tertiary/aromatic N) is 3. The molecule has 80 valence electrons. The standard InChI is InChI=1S/C12H11N3O/c1-2-8-15-9-13-14-11(12(15)16)10-6-4-3-5-7-10/h2-7,9H,1,8H2. The molecule has 4 nitrogen and oxygen atoms in total. The van der Waals surface area contributed by atoms with Crippen LogP contribution in [0.5, 0.6) is 0 Å². The van der Waals surface area contributed by atoms with E-state index in [1.165, 1.54) is 10.9 Å². The lowest BCUT2D eigenvalue weighted by atomic mass is 10.2. The van der Waals surface area contributed by atoms with Crippen molar-refractivity contribution < 1.29 is 0 Å². The third-order valence-electron chi connectivity index (χ3n) is 2.19. The van der Waals surface area contributed by atoms with Crippen LogP contribution in [0.1, 0.15) is 0 Å². The van der Waals surface area contributed by atoms with Gasteiger partial charge in [0.2, 0.25) is 0 Å². The molecule has 0 N–H and O–H groups in total. The fourth-order valence-corrected chi connectivity index (χ4v) is 1.42. The molecule has 0 aliphatic heterocycles. The Labute approximate surface area is 92.9 Å². The van der Waals surface area contributed by atoms with Gasteiger partial charge in [-0.25, -0.2) is 0 Å². The maximum atomic E-state index is 12.0. The summed E-state index contributed by atoms with van der Waals surface area (Å²) >= 11 is 0. The van der Waals surface area contributed by atoms with Crippen LogP contribution in [0, 0.1) is 0 Å². The van der Waals surface area contributed by atoms with Gasteiger partial charge in [0.05, 0.1) is 0 Å². The molecule has 0 amide bonds. The van der Waals surface area contributed by atoms with Crippen molar-refractivity contribution in [3.63, 3.8) is 0 Å². The zero-order valence-electron chi connectivity index (χ0n) is 8.71. The molecule has 0 fully saturated rings. The second kappa shape index (κ2) is 4.53. The van der Waals surface area contributed by atoms with E-state index in [0.717, 1.165) is 5.56 Å². The minimum atomic E-state index is -0.152. The lowest BCUT2D eigenvalue weighted by molar-refractivity contribution is 0.725. The fraction of sp³-hybridized carbons (Fsp3) is 0.0833. The van der Waals surface area contributed by atoms with Crippen LogP contribution in [0.2, 0.25) is 0 Å². The van der Waals surface area contributed by atoms with Gasteiger partial charge in [-0.05, 0) is 0 Å². The average molecular weight is 213 g/mol. The largest absolute Gasteiger partial charge is 0.292 e. The monoisotopic (exact) mass is 213 g/mol. The van der Waals surface area contributed by atoms with E-state index in [1.807, 2.05) is 30.3 Å². The molecule has 0 unspecified atom stereocenters. The SMILES string of the molecule is C=CCn1cnnc(-c2ccccc2)c1=O. The third kappa shape index (κ3) is 1.91. The number of aromatic nitrogens is 3. The first-order valence-electron chi connectivity index (χ1n) is 4.91.